The average Bonchev–Trinajstić information content (AvgIpc) is 2.94. The van der Waals surface area contributed by atoms with Gasteiger partial charge in [0.05, 0.1) is 34.1 Å². The molecule has 8 nitrogen and oxygen atoms in total. The highest BCUT2D eigenvalue weighted by atomic mass is 35.5. The Morgan fingerprint density at radius 2 is 1.60 bits per heavy atom. The lowest BCUT2D eigenvalue weighted by Crippen LogP contribution is -2.51. The second-order valence-electron chi connectivity index (χ2n) is 10.4. The molecule has 0 aromatic heterocycles. The van der Waals surface area contributed by atoms with Crippen LogP contribution in [0.25, 0.3) is 0 Å². The quantitative estimate of drug-likeness (QED) is 0.216. The molecule has 0 spiro atoms. The van der Waals surface area contributed by atoms with Crippen molar-refractivity contribution in [1.82, 2.24) is 10.2 Å². The summed E-state index contributed by atoms with van der Waals surface area (Å²) in [7, 11) is -2.23. The predicted octanol–water partition coefficient (Wildman–Crippen LogP) is 6.37. The Bertz CT molecular complexity index is 1520. The first-order valence-corrected chi connectivity index (χ1v) is 16.7. The summed E-state index contributed by atoms with van der Waals surface area (Å²) >= 11 is 18.6. The molecule has 0 unspecified atom stereocenters. The lowest BCUT2D eigenvalue weighted by atomic mass is 10.0. The van der Waals surface area contributed by atoms with Crippen molar-refractivity contribution >= 4 is 62.3 Å². The third kappa shape index (κ3) is 10.0. The van der Waals surface area contributed by atoms with Crippen molar-refractivity contribution in [2.24, 2.45) is 0 Å². The number of benzene rings is 3. The third-order valence-corrected chi connectivity index (χ3v) is 8.84. The van der Waals surface area contributed by atoms with Crippen LogP contribution in [0.1, 0.15) is 37.8 Å². The number of sulfonamides is 1. The number of rotatable bonds is 14. The van der Waals surface area contributed by atoms with Crippen molar-refractivity contribution < 1.29 is 22.7 Å². The first kappa shape index (κ1) is 34.5. The van der Waals surface area contributed by atoms with Gasteiger partial charge in [0, 0.05) is 32.0 Å². The Hall–Kier alpha value is -2.98. The van der Waals surface area contributed by atoms with Gasteiger partial charge in [-0.05, 0) is 61.7 Å². The molecule has 1 N–H and O–H groups in total. The van der Waals surface area contributed by atoms with Crippen LogP contribution in [0.4, 0.5) is 5.69 Å². The lowest BCUT2D eigenvalue weighted by Gasteiger charge is -2.32. The van der Waals surface area contributed by atoms with Gasteiger partial charge in [-0.3, -0.25) is 13.9 Å². The number of hydrogen-bond acceptors (Lipinski definition) is 5. The summed E-state index contributed by atoms with van der Waals surface area (Å²) in [6.07, 6.45) is 1.55. The van der Waals surface area contributed by atoms with Crippen LogP contribution in [0.15, 0.2) is 66.7 Å². The van der Waals surface area contributed by atoms with Gasteiger partial charge in [0.2, 0.25) is 21.8 Å². The van der Waals surface area contributed by atoms with Crippen molar-refractivity contribution in [1.29, 1.82) is 0 Å². The van der Waals surface area contributed by atoms with Crippen LogP contribution in [0.3, 0.4) is 0 Å². The molecule has 0 aliphatic heterocycles. The van der Waals surface area contributed by atoms with E-state index < -0.39 is 16.1 Å². The first-order valence-electron chi connectivity index (χ1n) is 13.7. The summed E-state index contributed by atoms with van der Waals surface area (Å²) in [5, 5.41) is 3.92. The Morgan fingerprint density at radius 3 is 2.19 bits per heavy atom. The lowest BCUT2D eigenvalue weighted by molar-refractivity contribution is -0.141. The zero-order valence-electron chi connectivity index (χ0n) is 24.5. The molecule has 3 rings (SSSR count). The van der Waals surface area contributed by atoms with Gasteiger partial charge in [-0.25, -0.2) is 8.42 Å². The fourth-order valence-corrected chi connectivity index (χ4v) is 6.11. The van der Waals surface area contributed by atoms with E-state index in [2.05, 4.69) is 5.32 Å². The highest BCUT2D eigenvalue weighted by molar-refractivity contribution is 7.92. The number of anilines is 1. The van der Waals surface area contributed by atoms with E-state index in [1.807, 2.05) is 44.2 Å². The number of nitrogens with one attached hydrogen (secondary N) is 1. The molecule has 3 aromatic carbocycles. The number of carbonyl (C=O) groups excluding carboxylic acids is 2. The molecule has 43 heavy (non-hydrogen) atoms. The number of halogens is 3. The van der Waals surface area contributed by atoms with Gasteiger partial charge in [-0.2, -0.15) is 0 Å². The van der Waals surface area contributed by atoms with Gasteiger partial charge >= 0.3 is 0 Å². The molecule has 0 aliphatic carbocycles. The fraction of sp³-hybridized carbons (Fsp3) is 0.355. The van der Waals surface area contributed by atoms with E-state index in [1.54, 1.807) is 30.3 Å². The topological polar surface area (TPSA) is 96.0 Å². The average molecular weight is 669 g/mol. The summed E-state index contributed by atoms with van der Waals surface area (Å²) in [6, 6.07) is 18.2. The smallest absolute Gasteiger partial charge is 0.243 e. The number of carbonyl (C=O) groups is 2. The number of ether oxygens (including phenoxy) is 1. The van der Waals surface area contributed by atoms with Gasteiger partial charge in [0.15, 0.2) is 0 Å². The van der Waals surface area contributed by atoms with E-state index in [4.69, 9.17) is 39.5 Å². The van der Waals surface area contributed by atoms with Crippen molar-refractivity contribution in [3.05, 3.63) is 92.9 Å². The molecule has 2 amide bonds. The Morgan fingerprint density at radius 1 is 0.907 bits per heavy atom. The summed E-state index contributed by atoms with van der Waals surface area (Å²) in [6.45, 7) is 3.83. The molecule has 12 heteroatoms. The number of amides is 2. The van der Waals surface area contributed by atoms with Crippen LogP contribution in [-0.4, -0.2) is 57.1 Å². The number of nitrogens with zero attached hydrogens (tertiary/aromatic N) is 2. The monoisotopic (exact) mass is 667 g/mol. The molecule has 0 fully saturated rings. The van der Waals surface area contributed by atoms with Crippen LogP contribution in [0, 0.1) is 0 Å². The molecule has 0 bridgehead atoms. The van der Waals surface area contributed by atoms with Crippen molar-refractivity contribution in [2.75, 3.05) is 24.2 Å². The van der Waals surface area contributed by atoms with Crippen molar-refractivity contribution in [2.45, 2.75) is 51.7 Å². The third-order valence-electron chi connectivity index (χ3n) is 6.61. The molecule has 0 saturated heterocycles. The zero-order valence-corrected chi connectivity index (χ0v) is 27.6. The van der Waals surface area contributed by atoms with E-state index in [9.17, 15) is 18.0 Å². The summed E-state index contributed by atoms with van der Waals surface area (Å²) < 4.78 is 31.8. The van der Waals surface area contributed by atoms with Crippen LogP contribution in [0.5, 0.6) is 5.75 Å². The van der Waals surface area contributed by atoms with Gasteiger partial charge in [-0.15, -0.1) is 0 Å². The number of hydrogen-bond donors (Lipinski definition) is 1. The van der Waals surface area contributed by atoms with E-state index in [-0.39, 0.29) is 55.2 Å². The molecule has 0 saturated carbocycles. The molecule has 0 heterocycles. The maximum absolute atomic E-state index is 13.9. The van der Waals surface area contributed by atoms with Crippen molar-refractivity contribution in [3.8, 4) is 5.75 Å². The largest absolute Gasteiger partial charge is 0.495 e. The van der Waals surface area contributed by atoms with Crippen LogP contribution < -0.4 is 14.4 Å². The van der Waals surface area contributed by atoms with Gasteiger partial charge in [0.1, 0.15) is 11.8 Å². The molecular formula is C31H36Cl3N3O5S. The molecule has 0 radical (unpaired) electrons. The SMILES string of the molecule is COc1ccc(N(CCCC(=O)N(Cc2ccc(Cl)c(Cl)c2)[C@H](Cc2ccccc2)C(=O)NC(C)C)S(C)(=O)=O)cc1Cl. The molecule has 1 atom stereocenters. The van der Waals surface area contributed by atoms with Gasteiger partial charge in [0.25, 0.3) is 0 Å². The van der Waals surface area contributed by atoms with Crippen LogP contribution >= 0.6 is 34.8 Å². The van der Waals surface area contributed by atoms with E-state index in [0.717, 1.165) is 11.8 Å². The molecular weight excluding hydrogens is 633 g/mol. The summed E-state index contributed by atoms with van der Waals surface area (Å²) in [4.78, 5) is 29.0. The summed E-state index contributed by atoms with van der Waals surface area (Å²) in [5.41, 5.74) is 1.94. The molecule has 232 valence electrons. The minimum absolute atomic E-state index is 0.0164. The second-order valence-corrected chi connectivity index (χ2v) is 13.5. The molecule has 3 aromatic rings. The maximum atomic E-state index is 13.9. The van der Waals surface area contributed by atoms with E-state index in [1.165, 1.54) is 22.4 Å². The van der Waals surface area contributed by atoms with E-state index in [0.29, 0.717) is 27.0 Å². The Kier molecular flexibility index (Phi) is 12.6. The first-order chi connectivity index (χ1) is 20.3. The van der Waals surface area contributed by atoms with Crippen molar-refractivity contribution in [3.63, 3.8) is 0 Å². The minimum atomic E-state index is -3.70. The fourth-order valence-electron chi connectivity index (χ4n) is 4.58. The zero-order chi connectivity index (χ0) is 31.7. The van der Waals surface area contributed by atoms with Gasteiger partial charge in [-0.1, -0.05) is 71.2 Å². The van der Waals surface area contributed by atoms with Gasteiger partial charge < -0.3 is 15.0 Å². The van der Waals surface area contributed by atoms with Crippen LogP contribution in [0.2, 0.25) is 15.1 Å². The van der Waals surface area contributed by atoms with Crippen LogP contribution in [-0.2, 0) is 32.6 Å². The predicted molar refractivity (Wildman–Crippen MR) is 174 cm³/mol. The highest BCUT2D eigenvalue weighted by Gasteiger charge is 2.31. The second kappa shape index (κ2) is 15.7. The Balaban J connectivity index is 1.91. The number of methoxy groups -OCH3 is 1. The van der Waals surface area contributed by atoms with E-state index >= 15 is 0 Å². The maximum Gasteiger partial charge on any atom is 0.243 e. The minimum Gasteiger partial charge on any atom is -0.495 e. The normalized spacial score (nSPS) is 12.1. The summed E-state index contributed by atoms with van der Waals surface area (Å²) in [5.74, 6) is -0.193. The highest BCUT2D eigenvalue weighted by Crippen LogP contribution is 2.30. The molecule has 0 aliphatic rings. The standard InChI is InChI=1S/C31H36Cl3N3O5S/c1-21(2)35-31(39)28(18-22-9-6-5-7-10-22)36(20-23-12-14-25(32)26(33)17-23)30(38)11-8-16-37(43(4,40)41)24-13-15-29(42-3)27(34)19-24/h5-7,9-10,12-15,17,19,21,28H,8,11,16,18,20H2,1-4H3,(H,35,39)/t28-/m1/s1. The Labute approximate surface area is 268 Å².